The highest BCUT2D eigenvalue weighted by molar-refractivity contribution is 8.69. The van der Waals surface area contributed by atoms with Gasteiger partial charge in [0.2, 0.25) is 10.0 Å². The van der Waals surface area contributed by atoms with Gasteiger partial charge >= 0.3 is 0 Å². The van der Waals surface area contributed by atoms with Crippen molar-refractivity contribution in [2.24, 2.45) is 0 Å². The van der Waals surface area contributed by atoms with Gasteiger partial charge in [-0.3, -0.25) is 9.71 Å². The van der Waals surface area contributed by atoms with Gasteiger partial charge in [-0.25, -0.2) is 17.0 Å². The molecule has 0 spiro atoms. The normalized spacial score (nSPS) is 17.8. The lowest BCUT2D eigenvalue weighted by atomic mass is 10.1. The highest BCUT2D eigenvalue weighted by Gasteiger charge is 2.28. The summed E-state index contributed by atoms with van der Waals surface area (Å²) < 4.78 is 59.3. The molecule has 3 aromatic rings. The predicted molar refractivity (Wildman–Crippen MR) is 139 cm³/mol. The lowest BCUT2D eigenvalue weighted by molar-refractivity contribution is 0.342. The summed E-state index contributed by atoms with van der Waals surface area (Å²) in [5.74, 6) is -0.0301. The molecule has 1 aromatic heterocycles. The molecule has 0 radical (unpaired) electrons. The molecule has 2 N–H and O–H groups in total. The molecule has 8 nitrogen and oxygen atoms in total. The summed E-state index contributed by atoms with van der Waals surface area (Å²) in [6, 6.07) is 9.23. The van der Waals surface area contributed by atoms with E-state index in [4.69, 9.17) is 16.3 Å². The molecule has 1 aliphatic heterocycles. The van der Waals surface area contributed by atoms with Crippen LogP contribution in [0, 0.1) is 17.1 Å². The van der Waals surface area contributed by atoms with Crippen LogP contribution in [0.5, 0.6) is 5.75 Å². The Balaban J connectivity index is 1.77. The van der Waals surface area contributed by atoms with E-state index in [0.29, 0.717) is 34.5 Å². The monoisotopic (exact) mass is 554 g/mol. The summed E-state index contributed by atoms with van der Waals surface area (Å²) in [4.78, 5) is 4.32. The predicted octanol–water partition coefficient (Wildman–Crippen LogP) is 4.95. The fourth-order valence-electron chi connectivity index (χ4n) is 3.55. The molecular formula is C22H20ClFN4O4S3. The Labute approximate surface area is 213 Å². The summed E-state index contributed by atoms with van der Waals surface area (Å²) >= 11 is 5.90. The SMILES string of the molecule is CCOc1cc2ncc(C#N)c(Nc3ccc(F)c(Cl)c3)c2cc1NS(=O)(=O)CC1CCS(=O)S1. The molecule has 0 aliphatic carbocycles. The van der Waals surface area contributed by atoms with E-state index < -0.39 is 25.7 Å². The highest BCUT2D eigenvalue weighted by atomic mass is 35.5. The zero-order chi connectivity index (χ0) is 25.2. The van der Waals surface area contributed by atoms with Gasteiger partial charge in [0.1, 0.15) is 17.6 Å². The number of ether oxygens (including phenoxy) is 1. The quantitative estimate of drug-likeness (QED) is 0.375. The van der Waals surface area contributed by atoms with E-state index in [2.05, 4.69) is 21.1 Å². The standard InChI is InChI=1S/C22H20ClFN4O4S3/c1-2-32-21-9-19-16(8-20(21)28-35(30,31)12-15-5-6-34(29)33-15)22(13(10-25)11-26-19)27-14-3-4-18(24)17(23)7-14/h3-4,7-9,11,15,28H,2,5-6,12H2,1H3,(H,26,27). The third kappa shape index (κ3) is 5.98. The van der Waals surface area contributed by atoms with Crippen molar-refractivity contribution in [1.29, 1.82) is 5.26 Å². The van der Waals surface area contributed by atoms with Crippen LogP contribution in [0.3, 0.4) is 0 Å². The molecule has 2 aromatic carbocycles. The van der Waals surface area contributed by atoms with Gasteiger partial charge in [0.25, 0.3) is 0 Å². The van der Waals surface area contributed by atoms with Crippen molar-refractivity contribution in [2.75, 3.05) is 28.2 Å². The maximum absolute atomic E-state index is 13.6. The van der Waals surface area contributed by atoms with Crippen molar-refractivity contribution in [3.63, 3.8) is 0 Å². The minimum absolute atomic E-state index is 0.0929. The van der Waals surface area contributed by atoms with Crippen LogP contribution in [0.2, 0.25) is 5.02 Å². The minimum atomic E-state index is -3.80. The molecular weight excluding hydrogens is 535 g/mol. The number of benzene rings is 2. The number of nitrogens with one attached hydrogen (secondary N) is 2. The summed E-state index contributed by atoms with van der Waals surface area (Å²) in [5.41, 5.74) is 1.61. The lowest BCUT2D eigenvalue weighted by Crippen LogP contribution is -2.23. The first kappa shape index (κ1) is 25.5. The molecule has 2 atom stereocenters. The smallest absolute Gasteiger partial charge is 0.233 e. The number of sulfonamides is 1. The van der Waals surface area contributed by atoms with Gasteiger partial charge in [-0.2, -0.15) is 5.26 Å². The van der Waals surface area contributed by atoms with Gasteiger partial charge in [-0.15, -0.1) is 0 Å². The third-order valence-electron chi connectivity index (χ3n) is 5.10. The first-order valence-electron chi connectivity index (χ1n) is 10.5. The fraction of sp³-hybridized carbons (Fsp3) is 0.273. The summed E-state index contributed by atoms with van der Waals surface area (Å²) in [6.07, 6.45) is 1.94. The number of fused-ring (bicyclic) bond motifs is 1. The molecule has 2 heterocycles. The van der Waals surface area contributed by atoms with Crippen molar-refractivity contribution in [1.82, 2.24) is 4.98 Å². The third-order valence-corrected chi connectivity index (χ3v) is 10.4. The van der Waals surface area contributed by atoms with E-state index in [9.17, 15) is 22.3 Å². The topological polar surface area (TPSA) is 121 Å². The molecule has 1 saturated heterocycles. The number of aromatic nitrogens is 1. The van der Waals surface area contributed by atoms with E-state index in [1.54, 1.807) is 19.1 Å². The molecule has 13 heteroatoms. The highest BCUT2D eigenvalue weighted by Crippen LogP contribution is 2.37. The van der Waals surface area contributed by atoms with E-state index in [1.807, 2.05) is 0 Å². The average molecular weight is 555 g/mol. The zero-order valence-electron chi connectivity index (χ0n) is 18.4. The summed E-state index contributed by atoms with van der Waals surface area (Å²) in [5, 5.41) is 12.8. The van der Waals surface area contributed by atoms with Crippen LogP contribution in [0.1, 0.15) is 18.9 Å². The fourth-order valence-corrected chi connectivity index (χ4v) is 9.24. The molecule has 35 heavy (non-hydrogen) atoms. The molecule has 0 bridgehead atoms. The number of pyridine rings is 1. The van der Waals surface area contributed by atoms with Gasteiger partial charge in [-0.1, -0.05) is 22.4 Å². The second kappa shape index (κ2) is 10.6. The lowest BCUT2D eigenvalue weighted by Gasteiger charge is -2.17. The number of nitriles is 1. The Morgan fingerprint density at radius 1 is 1.37 bits per heavy atom. The number of anilines is 3. The molecule has 2 unspecified atom stereocenters. The van der Waals surface area contributed by atoms with Gasteiger partial charge in [0, 0.05) is 34.3 Å². The first-order chi connectivity index (χ1) is 16.7. The molecule has 1 fully saturated rings. The van der Waals surface area contributed by atoms with E-state index in [1.165, 1.54) is 24.4 Å². The number of hydrogen-bond acceptors (Lipinski definition) is 8. The van der Waals surface area contributed by atoms with Crippen molar-refractivity contribution in [3.05, 3.63) is 52.9 Å². The molecule has 184 valence electrons. The Bertz CT molecular complexity index is 1460. The molecule has 4 rings (SSSR count). The largest absolute Gasteiger partial charge is 0.492 e. The van der Waals surface area contributed by atoms with Gasteiger partial charge in [-0.05, 0) is 37.6 Å². The second-order valence-electron chi connectivity index (χ2n) is 7.61. The summed E-state index contributed by atoms with van der Waals surface area (Å²) in [6.45, 7) is 2.05. The number of halogens is 2. The van der Waals surface area contributed by atoms with E-state index in [-0.39, 0.29) is 39.6 Å². The number of hydrogen-bond donors (Lipinski definition) is 2. The molecule has 0 amide bonds. The average Bonchev–Trinajstić information content (AvgIpc) is 3.20. The first-order valence-corrected chi connectivity index (χ1v) is 15.2. The molecule has 0 saturated carbocycles. The van der Waals surface area contributed by atoms with Crippen molar-refractivity contribution in [2.45, 2.75) is 18.6 Å². The van der Waals surface area contributed by atoms with Crippen molar-refractivity contribution in [3.8, 4) is 11.8 Å². The summed E-state index contributed by atoms with van der Waals surface area (Å²) in [7, 11) is -3.71. The number of nitrogens with zero attached hydrogens (tertiary/aromatic N) is 2. The maximum Gasteiger partial charge on any atom is 0.233 e. The van der Waals surface area contributed by atoms with Gasteiger partial charge in [0.05, 0.1) is 49.7 Å². The van der Waals surface area contributed by atoms with Crippen LogP contribution in [-0.2, 0) is 19.9 Å². The van der Waals surface area contributed by atoms with E-state index in [0.717, 1.165) is 10.8 Å². The van der Waals surface area contributed by atoms with Crippen molar-refractivity contribution >= 4 is 70.2 Å². The van der Waals surface area contributed by atoms with Gasteiger partial charge in [0.15, 0.2) is 0 Å². The Morgan fingerprint density at radius 3 is 2.83 bits per heavy atom. The maximum atomic E-state index is 13.6. The van der Waals surface area contributed by atoms with Crippen LogP contribution in [0.15, 0.2) is 36.5 Å². The minimum Gasteiger partial charge on any atom is -0.492 e. The van der Waals surface area contributed by atoms with Crippen LogP contribution < -0.4 is 14.8 Å². The van der Waals surface area contributed by atoms with Crippen LogP contribution in [-0.4, -0.2) is 41.0 Å². The Hall–Kier alpha value is -2.59. The van der Waals surface area contributed by atoms with Crippen LogP contribution in [0.4, 0.5) is 21.5 Å². The second-order valence-corrected chi connectivity index (χ2v) is 13.4. The van der Waals surface area contributed by atoms with Crippen LogP contribution in [0.25, 0.3) is 10.9 Å². The molecule has 1 aliphatic rings. The Kier molecular flexibility index (Phi) is 7.70. The number of rotatable bonds is 8. The zero-order valence-corrected chi connectivity index (χ0v) is 21.6. The van der Waals surface area contributed by atoms with Crippen LogP contribution >= 0.6 is 22.4 Å². The Morgan fingerprint density at radius 2 is 2.17 bits per heavy atom. The van der Waals surface area contributed by atoms with Crippen molar-refractivity contribution < 1.29 is 21.8 Å². The van der Waals surface area contributed by atoms with Gasteiger partial charge < -0.3 is 10.1 Å². The van der Waals surface area contributed by atoms with E-state index >= 15 is 0 Å².